The molecule has 22 heavy (non-hydrogen) atoms. The van der Waals surface area contributed by atoms with Crippen LogP contribution < -0.4 is 5.32 Å². The molecule has 0 spiro atoms. The van der Waals surface area contributed by atoms with E-state index in [-0.39, 0.29) is 37.4 Å². The predicted octanol–water partition coefficient (Wildman–Crippen LogP) is -0.368. The summed E-state index contributed by atoms with van der Waals surface area (Å²) in [6.45, 7) is 3.34. The summed E-state index contributed by atoms with van der Waals surface area (Å²) in [6, 6.07) is 0.165. The lowest BCUT2D eigenvalue weighted by Gasteiger charge is -2.47. The fourth-order valence-corrected chi connectivity index (χ4v) is 2.43. The number of rotatable bonds is 6. The van der Waals surface area contributed by atoms with Crippen LogP contribution >= 0.6 is 0 Å². The largest absolute Gasteiger partial charge is 0.446 e. The van der Waals surface area contributed by atoms with Gasteiger partial charge in [-0.05, 0) is 14.0 Å². The van der Waals surface area contributed by atoms with Crippen LogP contribution in [0.4, 0.5) is 0 Å². The summed E-state index contributed by atoms with van der Waals surface area (Å²) in [6.07, 6.45) is 1.29. The number of aliphatic hydroxyl groups is 1. The molecule has 2 heterocycles. The van der Waals surface area contributed by atoms with E-state index in [9.17, 15) is 9.90 Å². The summed E-state index contributed by atoms with van der Waals surface area (Å²) in [7, 11) is 3.44. The topological polar surface area (TPSA) is 97.1 Å². The number of hydrogen-bond acceptors (Lipinski definition) is 7. The number of nitrogens with one attached hydrogen (secondary N) is 1. The van der Waals surface area contributed by atoms with E-state index in [0.717, 1.165) is 0 Å². The Morgan fingerprint density at radius 1 is 1.68 bits per heavy atom. The van der Waals surface area contributed by atoms with E-state index in [2.05, 4.69) is 10.3 Å². The molecule has 0 bridgehead atoms. The van der Waals surface area contributed by atoms with Gasteiger partial charge in [0.25, 0.3) is 5.91 Å². The second-order valence-corrected chi connectivity index (χ2v) is 5.60. The summed E-state index contributed by atoms with van der Waals surface area (Å²) in [5.74, 6) is -0.0122. The van der Waals surface area contributed by atoms with E-state index in [1.165, 1.54) is 13.4 Å². The van der Waals surface area contributed by atoms with Crippen LogP contribution in [0.2, 0.25) is 0 Å². The monoisotopic (exact) mass is 313 g/mol. The van der Waals surface area contributed by atoms with Crippen molar-refractivity contribution in [3.05, 3.63) is 17.8 Å². The summed E-state index contributed by atoms with van der Waals surface area (Å²) in [5, 5.41) is 12.5. The maximum Gasteiger partial charge on any atom is 0.273 e. The molecule has 1 fully saturated rings. The maximum absolute atomic E-state index is 12.1. The standard InChI is InChI=1S/C14H23N3O5/c1-10-4-21-9-14(8-18,17(10)2)7-15-13(19)11-5-22-12(16-11)6-20-3/h5,10,18H,4,6-9H2,1-3H3,(H,15,19)/t10-,14+/m1/s1. The van der Waals surface area contributed by atoms with Crippen molar-refractivity contribution in [2.24, 2.45) is 0 Å². The summed E-state index contributed by atoms with van der Waals surface area (Å²) < 4.78 is 15.5. The van der Waals surface area contributed by atoms with Crippen molar-refractivity contribution < 1.29 is 23.8 Å². The average molecular weight is 313 g/mol. The zero-order valence-electron chi connectivity index (χ0n) is 13.2. The number of carbonyl (C=O) groups is 1. The van der Waals surface area contributed by atoms with Gasteiger partial charge >= 0.3 is 0 Å². The van der Waals surface area contributed by atoms with Crippen molar-refractivity contribution in [1.29, 1.82) is 0 Å². The van der Waals surface area contributed by atoms with Gasteiger partial charge in [0.05, 0.1) is 25.4 Å². The second-order valence-electron chi connectivity index (χ2n) is 5.60. The Morgan fingerprint density at radius 2 is 2.45 bits per heavy atom. The van der Waals surface area contributed by atoms with Gasteiger partial charge in [-0.2, -0.15) is 0 Å². The van der Waals surface area contributed by atoms with Gasteiger partial charge in [0, 0.05) is 19.7 Å². The van der Waals surface area contributed by atoms with Crippen LogP contribution in [0.3, 0.4) is 0 Å². The van der Waals surface area contributed by atoms with E-state index in [4.69, 9.17) is 13.9 Å². The number of methoxy groups -OCH3 is 1. The van der Waals surface area contributed by atoms with Crippen LogP contribution in [0.15, 0.2) is 10.7 Å². The predicted molar refractivity (Wildman–Crippen MR) is 77.4 cm³/mol. The maximum atomic E-state index is 12.1. The van der Waals surface area contributed by atoms with Gasteiger partial charge in [-0.15, -0.1) is 0 Å². The number of carbonyl (C=O) groups excluding carboxylic acids is 1. The van der Waals surface area contributed by atoms with Gasteiger partial charge in [0.1, 0.15) is 12.9 Å². The van der Waals surface area contributed by atoms with Crippen molar-refractivity contribution in [3.63, 3.8) is 0 Å². The number of amides is 1. The third-order valence-corrected chi connectivity index (χ3v) is 4.06. The molecule has 0 aliphatic carbocycles. The quantitative estimate of drug-likeness (QED) is 0.739. The number of aliphatic hydroxyl groups excluding tert-OH is 1. The molecule has 1 aromatic heterocycles. The Labute approximate surface area is 129 Å². The van der Waals surface area contributed by atoms with Gasteiger partial charge in [-0.3, -0.25) is 9.69 Å². The van der Waals surface area contributed by atoms with Crippen LogP contribution in [0.25, 0.3) is 0 Å². The third kappa shape index (κ3) is 3.46. The van der Waals surface area contributed by atoms with Crippen LogP contribution in [-0.4, -0.2) is 73.0 Å². The van der Waals surface area contributed by atoms with E-state index in [1.54, 1.807) is 0 Å². The number of likely N-dealkylation sites (N-methyl/N-ethyl adjacent to an activating group) is 1. The van der Waals surface area contributed by atoms with Crippen LogP contribution in [0.5, 0.6) is 0 Å². The van der Waals surface area contributed by atoms with Crippen molar-refractivity contribution in [3.8, 4) is 0 Å². The molecule has 1 amide bonds. The first-order chi connectivity index (χ1) is 10.5. The fraction of sp³-hybridized carbons (Fsp3) is 0.714. The number of ether oxygens (including phenoxy) is 2. The lowest BCUT2D eigenvalue weighted by molar-refractivity contribution is -0.105. The SMILES string of the molecule is COCc1nc(C(=O)NC[C@]2(CO)COC[C@@H](C)N2C)co1. The Kier molecular flexibility index (Phi) is 5.52. The molecule has 124 valence electrons. The van der Waals surface area contributed by atoms with E-state index < -0.39 is 5.54 Å². The highest BCUT2D eigenvalue weighted by Gasteiger charge is 2.40. The molecule has 1 saturated heterocycles. The Balaban J connectivity index is 1.98. The molecule has 0 aromatic carbocycles. The molecule has 8 nitrogen and oxygen atoms in total. The minimum Gasteiger partial charge on any atom is -0.446 e. The number of aromatic nitrogens is 1. The summed E-state index contributed by atoms with van der Waals surface area (Å²) in [5.41, 5.74) is -0.445. The Bertz CT molecular complexity index is 506. The zero-order valence-corrected chi connectivity index (χ0v) is 13.2. The van der Waals surface area contributed by atoms with Gasteiger partial charge in [0.15, 0.2) is 5.69 Å². The molecule has 0 saturated carbocycles. The van der Waals surface area contributed by atoms with Gasteiger partial charge < -0.3 is 24.3 Å². The highest BCUT2D eigenvalue weighted by atomic mass is 16.5. The highest BCUT2D eigenvalue weighted by Crippen LogP contribution is 2.21. The van der Waals surface area contributed by atoms with E-state index >= 15 is 0 Å². The first kappa shape index (κ1) is 16.9. The smallest absolute Gasteiger partial charge is 0.273 e. The molecular formula is C14H23N3O5. The lowest BCUT2D eigenvalue weighted by atomic mass is 9.96. The lowest BCUT2D eigenvalue weighted by Crippen LogP contribution is -2.65. The van der Waals surface area contributed by atoms with Crippen molar-refractivity contribution in [2.75, 3.05) is 40.5 Å². The normalized spacial score (nSPS) is 26.1. The van der Waals surface area contributed by atoms with Crippen LogP contribution in [0.1, 0.15) is 23.3 Å². The molecule has 2 rings (SSSR count). The molecular weight excluding hydrogens is 290 g/mol. The number of hydrogen-bond donors (Lipinski definition) is 2. The second kappa shape index (κ2) is 7.19. The molecule has 0 unspecified atom stereocenters. The minimum atomic E-state index is -0.633. The highest BCUT2D eigenvalue weighted by molar-refractivity contribution is 5.91. The van der Waals surface area contributed by atoms with Crippen molar-refractivity contribution in [1.82, 2.24) is 15.2 Å². The Morgan fingerprint density at radius 3 is 3.14 bits per heavy atom. The molecule has 2 N–H and O–H groups in total. The molecule has 0 radical (unpaired) electrons. The minimum absolute atomic E-state index is 0.109. The van der Waals surface area contributed by atoms with E-state index in [0.29, 0.717) is 19.1 Å². The van der Waals surface area contributed by atoms with Crippen LogP contribution in [0, 0.1) is 0 Å². The zero-order chi connectivity index (χ0) is 16.2. The molecule has 1 aromatic rings. The van der Waals surface area contributed by atoms with Crippen LogP contribution in [-0.2, 0) is 16.1 Å². The van der Waals surface area contributed by atoms with Crippen molar-refractivity contribution in [2.45, 2.75) is 25.1 Å². The molecule has 8 heteroatoms. The number of morpholine rings is 1. The summed E-state index contributed by atoms with van der Waals surface area (Å²) >= 11 is 0. The molecule has 1 aliphatic rings. The number of oxazole rings is 1. The molecule has 2 atom stereocenters. The Hall–Kier alpha value is -1.48. The average Bonchev–Trinajstić information content (AvgIpc) is 2.98. The first-order valence-corrected chi connectivity index (χ1v) is 7.15. The van der Waals surface area contributed by atoms with Crippen molar-refractivity contribution >= 4 is 5.91 Å². The fourth-order valence-electron chi connectivity index (χ4n) is 2.43. The molecule has 1 aliphatic heterocycles. The van der Waals surface area contributed by atoms with Gasteiger partial charge in [-0.25, -0.2) is 4.98 Å². The summed E-state index contributed by atoms with van der Waals surface area (Å²) in [4.78, 5) is 18.2. The first-order valence-electron chi connectivity index (χ1n) is 7.15. The van der Waals surface area contributed by atoms with Gasteiger partial charge in [0.2, 0.25) is 5.89 Å². The van der Waals surface area contributed by atoms with Gasteiger partial charge in [-0.1, -0.05) is 0 Å². The van der Waals surface area contributed by atoms with E-state index in [1.807, 2.05) is 18.9 Å². The number of nitrogens with zero attached hydrogens (tertiary/aromatic N) is 2. The third-order valence-electron chi connectivity index (χ3n) is 4.06.